The molecule has 0 aliphatic heterocycles. The summed E-state index contributed by atoms with van der Waals surface area (Å²) >= 11 is 0. The normalized spacial score (nSPS) is 9.70. The summed E-state index contributed by atoms with van der Waals surface area (Å²) in [6, 6.07) is 14.3. The van der Waals surface area contributed by atoms with Crippen molar-refractivity contribution >= 4 is 0 Å². The third-order valence-electron chi connectivity index (χ3n) is 3.72. The van der Waals surface area contributed by atoms with Crippen LogP contribution >= 0.6 is 0 Å². The standard InChI is InChI=1S/C19H16N4O2.C2H6/c1-14-9-17(25-13-18-21-7-2-8-22-18)10-19(24)23(14)12-16-5-3-15(11-20)4-6-16;1-2/h2-10H,12-13H2,1H3;1-2H3. The van der Waals surface area contributed by atoms with Gasteiger partial charge < -0.3 is 9.30 Å². The van der Waals surface area contributed by atoms with Gasteiger partial charge in [-0.15, -0.1) is 0 Å². The molecule has 3 aromatic rings. The number of aryl methyl sites for hydroxylation is 1. The maximum atomic E-state index is 12.4. The van der Waals surface area contributed by atoms with E-state index >= 15 is 0 Å². The Morgan fingerprint density at radius 3 is 2.37 bits per heavy atom. The van der Waals surface area contributed by atoms with E-state index in [0.29, 0.717) is 23.7 Å². The summed E-state index contributed by atoms with van der Waals surface area (Å²) in [6.45, 7) is 6.51. The zero-order valence-corrected chi connectivity index (χ0v) is 15.7. The van der Waals surface area contributed by atoms with Crippen LogP contribution in [0.25, 0.3) is 0 Å². The smallest absolute Gasteiger partial charge is 0.254 e. The van der Waals surface area contributed by atoms with Gasteiger partial charge in [-0.2, -0.15) is 5.26 Å². The monoisotopic (exact) mass is 362 g/mol. The van der Waals surface area contributed by atoms with Crippen molar-refractivity contribution in [2.45, 2.75) is 33.9 Å². The number of aromatic nitrogens is 3. The van der Waals surface area contributed by atoms with E-state index in [1.165, 1.54) is 6.07 Å². The van der Waals surface area contributed by atoms with Crippen LogP contribution in [-0.2, 0) is 13.2 Å². The molecule has 2 aromatic heterocycles. The topological polar surface area (TPSA) is 80.8 Å². The first-order chi connectivity index (χ1) is 13.2. The zero-order valence-electron chi connectivity index (χ0n) is 15.7. The summed E-state index contributed by atoms with van der Waals surface area (Å²) in [5.41, 5.74) is 2.20. The van der Waals surface area contributed by atoms with Crippen LogP contribution in [0.15, 0.2) is 59.7 Å². The Kier molecular flexibility index (Phi) is 7.26. The number of hydrogen-bond acceptors (Lipinski definition) is 5. The number of rotatable bonds is 5. The summed E-state index contributed by atoms with van der Waals surface area (Å²) < 4.78 is 7.27. The lowest BCUT2D eigenvalue weighted by Crippen LogP contribution is -2.22. The van der Waals surface area contributed by atoms with Crippen LogP contribution in [0.5, 0.6) is 5.75 Å². The molecule has 0 atom stereocenters. The van der Waals surface area contributed by atoms with Crippen LogP contribution in [0, 0.1) is 18.3 Å². The Morgan fingerprint density at radius 2 is 1.78 bits per heavy atom. The molecule has 0 spiro atoms. The number of nitriles is 1. The molecule has 0 aliphatic carbocycles. The van der Waals surface area contributed by atoms with Gasteiger partial charge in [-0.25, -0.2) is 9.97 Å². The first kappa shape index (κ1) is 19.9. The molecular weight excluding hydrogens is 340 g/mol. The summed E-state index contributed by atoms with van der Waals surface area (Å²) in [6.07, 6.45) is 3.29. The Labute approximate surface area is 158 Å². The Balaban J connectivity index is 0.00000126. The molecule has 0 saturated carbocycles. The fraction of sp³-hybridized carbons (Fsp3) is 0.238. The first-order valence-corrected chi connectivity index (χ1v) is 8.75. The molecule has 0 aliphatic rings. The molecule has 0 radical (unpaired) electrons. The average molecular weight is 362 g/mol. The average Bonchev–Trinajstić information content (AvgIpc) is 2.72. The van der Waals surface area contributed by atoms with E-state index < -0.39 is 0 Å². The minimum atomic E-state index is -0.145. The van der Waals surface area contributed by atoms with Gasteiger partial charge in [-0.3, -0.25) is 4.79 Å². The van der Waals surface area contributed by atoms with Crippen molar-refractivity contribution in [3.05, 3.63) is 87.9 Å². The van der Waals surface area contributed by atoms with E-state index in [2.05, 4.69) is 16.0 Å². The van der Waals surface area contributed by atoms with E-state index in [1.54, 1.807) is 35.2 Å². The van der Waals surface area contributed by atoms with E-state index in [0.717, 1.165) is 11.3 Å². The SMILES string of the molecule is CC.Cc1cc(OCc2ncccn2)cc(=O)n1Cc1ccc(C#N)cc1. The molecule has 0 bridgehead atoms. The highest BCUT2D eigenvalue weighted by molar-refractivity contribution is 5.32. The molecule has 1 aromatic carbocycles. The molecule has 0 unspecified atom stereocenters. The van der Waals surface area contributed by atoms with Crippen molar-refractivity contribution in [1.82, 2.24) is 14.5 Å². The highest BCUT2D eigenvalue weighted by Crippen LogP contribution is 2.13. The van der Waals surface area contributed by atoms with Crippen molar-refractivity contribution in [1.29, 1.82) is 5.26 Å². The Bertz CT molecular complexity index is 958. The van der Waals surface area contributed by atoms with Gasteiger partial charge in [0.05, 0.1) is 18.2 Å². The molecule has 27 heavy (non-hydrogen) atoms. The number of hydrogen-bond donors (Lipinski definition) is 0. The van der Waals surface area contributed by atoms with Crippen LogP contribution in [0.3, 0.4) is 0 Å². The van der Waals surface area contributed by atoms with Crippen LogP contribution in [-0.4, -0.2) is 14.5 Å². The largest absolute Gasteiger partial charge is 0.485 e. The van der Waals surface area contributed by atoms with Crippen LogP contribution in [0.2, 0.25) is 0 Å². The lowest BCUT2D eigenvalue weighted by molar-refractivity contribution is 0.294. The van der Waals surface area contributed by atoms with Gasteiger partial charge in [0.1, 0.15) is 12.4 Å². The molecule has 0 fully saturated rings. The minimum Gasteiger partial charge on any atom is -0.485 e. The third kappa shape index (κ3) is 5.51. The molecule has 6 heteroatoms. The quantitative estimate of drug-likeness (QED) is 0.694. The maximum Gasteiger partial charge on any atom is 0.254 e. The molecule has 0 amide bonds. The molecule has 0 N–H and O–H groups in total. The third-order valence-corrected chi connectivity index (χ3v) is 3.72. The highest BCUT2D eigenvalue weighted by Gasteiger charge is 2.06. The number of pyridine rings is 1. The molecule has 138 valence electrons. The molecule has 2 heterocycles. The van der Waals surface area contributed by atoms with Crippen molar-refractivity contribution in [2.24, 2.45) is 0 Å². The lowest BCUT2D eigenvalue weighted by Gasteiger charge is -2.12. The number of nitrogens with zero attached hydrogens (tertiary/aromatic N) is 4. The summed E-state index contributed by atoms with van der Waals surface area (Å²) in [7, 11) is 0. The van der Waals surface area contributed by atoms with Gasteiger partial charge in [-0.05, 0) is 36.8 Å². The molecule has 6 nitrogen and oxygen atoms in total. The van der Waals surface area contributed by atoms with Gasteiger partial charge >= 0.3 is 0 Å². The Hall–Kier alpha value is -3.46. The molecule has 3 rings (SSSR count). The van der Waals surface area contributed by atoms with E-state index in [-0.39, 0.29) is 12.2 Å². The van der Waals surface area contributed by atoms with Crippen LogP contribution in [0.4, 0.5) is 0 Å². The number of ether oxygens (including phenoxy) is 1. The second-order valence-electron chi connectivity index (χ2n) is 5.52. The van der Waals surface area contributed by atoms with Crippen molar-refractivity contribution in [3.63, 3.8) is 0 Å². The Morgan fingerprint density at radius 1 is 1.11 bits per heavy atom. The minimum absolute atomic E-state index is 0.145. The highest BCUT2D eigenvalue weighted by atomic mass is 16.5. The van der Waals surface area contributed by atoms with E-state index in [1.807, 2.05) is 39.0 Å². The van der Waals surface area contributed by atoms with Gasteiger partial charge in [0, 0.05) is 24.2 Å². The predicted octanol–water partition coefficient (Wildman–Crippen LogP) is 3.47. The van der Waals surface area contributed by atoms with Crippen molar-refractivity contribution in [3.8, 4) is 11.8 Å². The molecular formula is C21H22N4O2. The number of benzene rings is 1. The van der Waals surface area contributed by atoms with Crippen molar-refractivity contribution < 1.29 is 4.74 Å². The summed E-state index contributed by atoms with van der Waals surface area (Å²) in [4.78, 5) is 20.6. The van der Waals surface area contributed by atoms with Gasteiger partial charge in [0.2, 0.25) is 0 Å². The van der Waals surface area contributed by atoms with Gasteiger partial charge in [0.15, 0.2) is 5.82 Å². The summed E-state index contributed by atoms with van der Waals surface area (Å²) in [5, 5.41) is 8.84. The predicted molar refractivity (Wildman–Crippen MR) is 103 cm³/mol. The van der Waals surface area contributed by atoms with Gasteiger partial charge in [0.25, 0.3) is 5.56 Å². The molecule has 0 saturated heterocycles. The fourth-order valence-corrected chi connectivity index (χ4v) is 2.40. The second-order valence-corrected chi connectivity index (χ2v) is 5.52. The second kappa shape index (κ2) is 9.88. The van der Waals surface area contributed by atoms with E-state index in [9.17, 15) is 4.79 Å². The lowest BCUT2D eigenvalue weighted by atomic mass is 10.1. The van der Waals surface area contributed by atoms with Crippen LogP contribution < -0.4 is 10.3 Å². The fourth-order valence-electron chi connectivity index (χ4n) is 2.40. The van der Waals surface area contributed by atoms with Gasteiger partial charge in [-0.1, -0.05) is 26.0 Å². The zero-order chi connectivity index (χ0) is 19.6. The van der Waals surface area contributed by atoms with Crippen molar-refractivity contribution in [2.75, 3.05) is 0 Å². The van der Waals surface area contributed by atoms with E-state index in [4.69, 9.17) is 10.00 Å². The first-order valence-electron chi connectivity index (χ1n) is 8.75. The summed E-state index contributed by atoms with van der Waals surface area (Å²) in [5.74, 6) is 1.05. The van der Waals surface area contributed by atoms with Crippen LogP contribution in [0.1, 0.15) is 36.5 Å². The maximum absolute atomic E-state index is 12.4.